The van der Waals surface area contributed by atoms with Crippen LogP contribution in [0.3, 0.4) is 0 Å². The molecule has 3 aromatic carbocycles. The lowest BCUT2D eigenvalue weighted by Crippen LogP contribution is -1.99. The maximum absolute atomic E-state index is 10.1. The van der Waals surface area contributed by atoms with E-state index in [1.54, 1.807) is 17.8 Å². The highest BCUT2D eigenvalue weighted by Crippen LogP contribution is 2.29. The molecule has 0 saturated carbocycles. The first-order valence-electron chi connectivity index (χ1n) is 7.59. The number of aryl methyl sites for hydroxylation is 1. The Morgan fingerprint density at radius 2 is 1.62 bits per heavy atom. The molecule has 0 aliphatic heterocycles. The standard InChI is InChI=1S/C19H15N3OS/c1-13-7-10-19(23)18(11-13)22-20-16-9-8-15(12-17(16)21-22)24-14-5-3-2-4-6-14/h2-12,23H,1H3. The van der Waals surface area contributed by atoms with Crippen LogP contribution in [0, 0.1) is 6.92 Å². The second-order valence-corrected chi connectivity index (χ2v) is 6.69. The van der Waals surface area contributed by atoms with Gasteiger partial charge >= 0.3 is 0 Å². The normalized spacial score (nSPS) is 11.0. The summed E-state index contributed by atoms with van der Waals surface area (Å²) in [5.74, 6) is 0.166. The monoisotopic (exact) mass is 333 g/mol. The van der Waals surface area contributed by atoms with Gasteiger partial charge in [-0.1, -0.05) is 36.0 Å². The number of fused-ring (bicyclic) bond motifs is 1. The number of aromatic hydroxyl groups is 1. The summed E-state index contributed by atoms with van der Waals surface area (Å²) in [5.41, 5.74) is 3.23. The van der Waals surface area contributed by atoms with E-state index in [0.29, 0.717) is 5.69 Å². The highest BCUT2D eigenvalue weighted by Gasteiger charge is 2.10. The molecule has 0 fully saturated rings. The molecule has 5 heteroatoms. The predicted octanol–water partition coefficient (Wildman–Crippen LogP) is 4.59. The van der Waals surface area contributed by atoms with Gasteiger partial charge < -0.3 is 5.11 Å². The molecule has 4 nitrogen and oxygen atoms in total. The Morgan fingerprint density at radius 1 is 0.833 bits per heavy atom. The van der Waals surface area contributed by atoms with Crippen molar-refractivity contribution in [3.05, 3.63) is 72.3 Å². The number of hydrogen-bond acceptors (Lipinski definition) is 4. The SMILES string of the molecule is Cc1ccc(O)c(-n2nc3ccc(Sc4ccccc4)cc3n2)c1. The van der Waals surface area contributed by atoms with Crippen LogP contribution in [0.25, 0.3) is 16.7 Å². The molecule has 0 amide bonds. The zero-order valence-corrected chi connectivity index (χ0v) is 13.9. The van der Waals surface area contributed by atoms with Gasteiger partial charge in [0.2, 0.25) is 0 Å². The van der Waals surface area contributed by atoms with Gasteiger partial charge in [-0.2, -0.15) is 0 Å². The third kappa shape index (κ3) is 2.86. The molecule has 0 spiro atoms. The number of nitrogens with zero attached hydrogens (tertiary/aromatic N) is 3. The third-order valence-electron chi connectivity index (χ3n) is 3.68. The minimum Gasteiger partial charge on any atom is -0.506 e. The zero-order valence-electron chi connectivity index (χ0n) is 13.0. The minimum atomic E-state index is 0.166. The van der Waals surface area contributed by atoms with Crippen molar-refractivity contribution in [1.29, 1.82) is 0 Å². The van der Waals surface area contributed by atoms with Crippen molar-refractivity contribution in [2.45, 2.75) is 16.7 Å². The van der Waals surface area contributed by atoms with Gasteiger partial charge in [0.05, 0.1) is 0 Å². The van der Waals surface area contributed by atoms with Crippen LogP contribution >= 0.6 is 11.8 Å². The minimum absolute atomic E-state index is 0.166. The average Bonchev–Trinajstić information content (AvgIpc) is 3.01. The van der Waals surface area contributed by atoms with Crippen molar-refractivity contribution < 1.29 is 5.11 Å². The lowest BCUT2D eigenvalue weighted by molar-refractivity contribution is 0.467. The molecule has 0 bridgehead atoms. The summed E-state index contributed by atoms with van der Waals surface area (Å²) in [5, 5.41) is 19.0. The van der Waals surface area contributed by atoms with Gasteiger partial charge in [0, 0.05) is 9.79 Å². The van der Waals surface area contributed by atoms with E-state index >= 15 is 0 Å². The molecule has 0 atom stereocenters. The maximum Gasteiger partial charge on any atom is 0.143 e. The second kappa shape index (κ2) is 6.02. The first-order valence-corrected chi connectivity index (χ1v) is 8.41. The van der Waals surface area contributed by atoms with Crippen molar-refractivity contribution in [2.75, 3.05) is 0 Å². The van der Waals surface area contributed by atoms with Crippen molar-refractivity contribution in [3.8, 4) is 11.4 Å². The van der Waals surface area contributed by atoms with E-state index in [2.05, 4.69) is 22.3 Å². The molecule has 4 aromatic rings. The average molecular weight is 333 g/mol. The molecule has 0 radical (unpaired) electrons. The molecular formula is C19H15N3OS. The number of rotatable bonds is 3. The van der Waals surface area contributed by atoms with Crippen LogP contribution in [-0.4, -0.2) is 20.1 Å². The summed E-state index contributed by atoms with van der Waals surface area (Å²) in [6.07, 6.45) is 0. The van der Waals surface area contributed by atoms with E-state index in [1.165, 1.54) is 9.69 Å². The summed E-state index contributed by atoms with van der Waals surface area (Å²) in [4.78, 5) is 3.78. The maximum atomic E-state index is 10.1. The molecule has 1 N–H and O–H groups in total. The highest BCUT2D eigenvalue weighted by atomic mass is 32.2. The molecule has 24 heavy (non-hydrogen) atoms. The largest absolute Gasteiger partial charge is 0.506 e. The molecule has 0 aliphatic carbocycles. The van der Waals surface area contributed by atoms with Crippen LogP contribution in [-0.2, 0) is 0 Å². The van der Waals surface area contributed by atoms with Crippen LogP contribution in [0.1, 0.15) is 5.56 Å². The molecule has 0 unspecified atom stereocenters. The van der Waals surface area contributed by atoms with E-state index in [1.807, 2.05) is 55.5 Å². The number of phenolic OH excluding ortho intramolecular Hbond substituents is 1. The van der Waals surface area contributed by atoms with Gasteiger partial charge in [-0.05, 0) is 55.0 Å². The number of phenols is 1. The third-order valence-corrected chi connectivity index (χ3v) is 4.67. The molecule has 0 aliphatic rings. The van der Waals surface area contributed by atoms with Gasteiger partial charge in [0.15, 0.2) is 0 Å². The second-order valence-electron chi connectivity index (χ2n) is 5.55. The Kier molecular flexibility index (Phi) is 3.70. The smallest absolute Gasteiger partial charge is 0.143 e. The van der Waals surface area contributed by atoms with E-state index in [-0.39, 0.29) is 5.75 Å². The van der Waals surface area contributed by atoms with Crippen molar-refractivity contribution in [2.24, 2.45) is 0 Å². The zero-order chi connectivity index (χ0) is 16.5. The Morgan fingerprint density at radius 3 is 2.46 bits per heavy atom. The fourth-order valence-electron chi connectivity index (χ4n) is 2.48. The Hall–Kier alpha value is -2.79. The molecule has 0 saturated heterocycles. The van der Waals surface area contributed by atoms with Crippen molar-refractivity contribution in [3.63, 3.8) is 0 Å². The summed E-state index contributed by atoms with van der Waals surface area (Å²) >= 11 is 1.69. The van der Waals surface area contributed by atoms with Crippen molar-refractivity contribution >= 4 is 22.8 Å². The number of aromatic nitrogens is 3. The summed E-state index contributed by atoms with van der Waals surface area (Å²) in [7, 11) is 0. The Bertz CT molecular complexity index is 1010. The Balaban J connectivity index is 1.72. The highest BCUT2D eigenvalue weighted by molar-refractivity contribution is 7.99. The first-order chi connectivity index (χ1) is 11.7. The Labute approximate surface area is 143 Å². The van der Waals surface area contributed by atoms with Crippen molar-refractivity contribution in [1.82, 2.24) is 15.0 Å². The van der Waals surface area contributed by atoms with Crippen LogP contribution < -0.4 is 0 Å². The van der Waals surface area contributed by atoms with E-state index < -0.39 is 0 Å². The van der Waals surface area contributed by atoms with Gasteiger partial charge in [0.1, 0.15) is 22.5 Å². The number of benzene rings is 3. The van der Waals surface area contributed by atoms with Crippen LogP contribution in [0.15, 0.2) is 76.5 Å². The summed E-state index contributed by atoms with van der Waals surface area (Å²) in [6.45, 7) is 1.97. The summed E-state index contributed by atoms with van der Waals surface area (Å²) < 4.78 is 0. The van der Waals surface area contributed by atoms with E-state index in [4.69, 9.17) is 0 Å². The van der Waals surface area contributed by atoms with Gasteiger partial charge in [-0.25, -0.2) is 0 Å². The van der Waals surface area contributed by atoms with E-state index in [9.17, 15) is 5.11 Å². The number of hydrogen-bond donors (Lipinski definition) is 1. The predicted molar refractivity (Wildman–Crippen MR) is 95.8 cm³/mol. The quantitative estimate of drug-likeness (QED) is 0.596. The lowest BCUT2D eigenvalue weighted by Gasteiger charge is -2.03. The summed E-state index contributed by atoms with van der Waals surface area (Å²) in [6, 6.07) is 21.6. The van der Waals surface area contributed by atoms with Gasteiger partial charge in [-0.15, -0.1) is 15.0 Å². The first kappa shape index (κ1) is 14.8. The lowest BCUT2D eigenvalue weighted by atomic mass is 10.2. The molecule has 4 rings (SSSR count). The van der Waals surface area contributed by atoms with Crippen LogP contribution in [0.2, 0.25) is 0 Å². The topological polar surface area (TPSA) is 50.9 Å². The van der Waals surface area contributed by atoms with Crippen LogP contribution in [0.5, 0.6) is 5.75 Å². The molecule has 1 aromatic heterocycles. The fraction of sp³-hybridized carbons (Fsp3) is 0.0526. The van der Waals surface area contributed by atoms with E-state index in [0.717, 1.165) is 21.5 Å². The van der Waals surface area contributed by atoms with Gasteiger partial charge in [0.25, 0.3) is 0 Å². The molecular weight excluding hydrogens is 318 g/mol. The van der Waals surface area contributed by atoms with Crippen LogP contribution in [0.4, 0.5) is 0 Å². The van der Waals surface area contributed by atoms with Gasteiger partial charge in [-0.3, -0.25) is 0 Å². The molecule has 118 valence electrons. The fourth-order valence-corrected chi connectivity index (χ4v) is 3.36. The molecule has 1 heterocycles.